The van der Waals surface area contributed by atoms with Crippen molar-refractivity contribution in [2.24, 2.45) is 0 Å². The number of hydrogen-bond acceptors (Lipinski definition) is 2. The van der Waals surface area contributed by atoms with E-state index in [1.165, 1.54) is 0 Å². The molecule has 1 aliphatic heterocycles. The Morgan fingerprint density at radius 1 is 1.38 bits per heavy atom. The summed E-state index contributed by atoms with van der Waals surface area (Å²) in [6, 6.07) is 5.11. The van der Waals surface area contributed by atoms with Crippen molar-refractivity contribution in [2.75, 3.05) is 11.9 Å². The predicted octanol–water partition coefficient (Wildman–Crippen LogP) is 1.30. The van der Waals surface area contributed by atoms with Gasteiger partial charge in [0.25, 0.3) is 0 Å². The van der Waals surface area contributed by atoms with Gasteiger partial charge in [-0.1, -0.05) is 0 Å². The number of aryl methyl sites for hydroxylation is 1. The number of phenolic OH excluding ortho intramolecular Hbond substituents is 1. The minimum absolute atomic E-state index is 0.137. The van der Waals surface area contributed by atoms with Crippen LogP contribution in [0.15, 0.2) is 18.2 Å². The van der Waals surface area contributed by atoms with Gasteiger partial charge in [0.15, 0.2) is 0 Å². The molecule has 13 heavy (non-hydrogen) atoms. The van der Waals surface area contributed by atoms with E-state index in [0.29, 0.717) is 6.42 Å². The molecule has 0 aliphatic carbocycles. The lowest BCUT2D eigenvalue weighted by atomic mass is 10.0. The minimum atomic E-state index is 0.137. The Hall–Kier alpha value is -1.51. The quantitative estimate of drug-likeness (QED) is 0.649. The molecule has 0 spiro atoms. The topological polar surface area (TPSA) is 40.5 Å². The number of aromatic hydroxyl groups is 1. The smallest absolute Gasteiger partial charge is 0.227 e. The second kappa shape index (κ2) is 2.76. The van der Waals surface area contributed by atoms with Crippen LogP contribution in [0.3, 0.4) is 0 Å². The standard InChI is InChI=1S/C10H11NO2/c1-11-9-4-3-8(12)6-7(9)2-5-10(11)13/h3-4,6,12H,2,5H2,1H3. The highest BCUT2D eigenvalue weighted by atomic mass is 16.3. The zero-order valence-electron chi connectivity index (χ0n) is 7.45. The Morgan fingerprint density at radius 3 is 2.92 bits per heavy atom. The molecule has 1 amide bonds. The normalized spacial score (nSPS) is 15.8. The summed E-state index contributed by atoms with van der Waals surface area (Å²) in [4.78, 5) is 12.9. The molecule has 2 rings (SSSR count). The van der Waals surface area contributed by atoms with Gasteiger partial charge in [-0.25, -0.2) is 0 Å². The van der Waals surface area contributed by atoms with Crippen LogP contribution in [0.2, 0.25) is 0 Å². The SMILES string of the molecule is CN1C(=O)CCc2cc(O)ccc21. The van der Waals surface area contributed by atoms with Gasteiger partial charge in [-0.15, -0.1) is 0 Å². The fourth-order valence-corrected chi connectivity index (χ4v) is 1.64. The predicted molar refractivity (Wildman–Crippen MR) is 49.8 cm³/mol. The van der Waals surface area contributed by atoms with Crippen LogP contribution in [0.4, 0.5) is 5.69 Å². The molecule has 0 aromatic heterocycles. The number of rotatable bonds is 0. The highest BCUT2D eigenvalue weighted by Gasteiger charge is 2.20. The molecule has 0 radical (unpaired) electrons. The van der Waals surface area contributed by atoms with Gasteiger partial charge in [-0.05, 0) is 30.2 Å². The number of nitrogens with zero attached hydrogens (tertiary/aromatic N) is 1. The molecule has 68 valence electrons. The Morgan fingerprint density at radius 2 is 2.15 bits per heavy atom. The van der Waals surface area contributed by atoms with Crippen molar-refractivity contribution in [1.82, 2.24) is 0 Å². The number of phenols is 1. The van der Waals surface area contributed by atoms with E-state index in [-0.39, 0.29) is 11.7 Å². The van der Waals surface area contributed by atoms with Crippen molar-refractivity contribution in [2.45, 2.75) is 12.8 Å². The summed E-state index contributed by atoms with van der Waals surface area (Å²) in [5.74, 6) is 0.402. The molecule has 0 saturated heterocycles. The molecule has 0 fully saturated rings. The third kappa shape index (κ3) is 1.26. The summed E-state index contributed by atoms with van der Waals surface area (Å²) in [5.41, 5.74) is 1.95. The van der Waals surface area contributed by atoms with E-state index in [1.807, 2.05) is 0 Å². The van der Waals surface area contributed by atoms with Crippen LogP contribution in [-0.4, -0.2) is 18.1 Å². The molecule has 3 heteroatoms. The van der Waals surface area contributed by atoms with E-state index >= 15 is 0 Å². The van der Waals surface area contributed by atoms with Gasteiger partial charge >= 0.3 is 0 Å². The van der Waals surface area contributed by atoms with E-state index in [1.54, 1.807) is 30.1 Å². The maximum Gasteiger partial charge on any atom is 0.227 e. The number of hydrogen-bond donors (Lipinski definition) is 1. The number of carbonyl (C=O) groups excluding carboxylic acids is 1. The lowest BCUT2D eigenvalue weighted by Crippen LogP contribution is -2.30. The number of carbonyl (C=O) groups is 1. The van der Waals surface area contributed by atoms with Crippen molar-refractivity contribution in [3.63, 3.8) is 0 Å². The van der Waals surface area contributed by atoms with E-state index in [4.69, 9.17) is 0 Å². The van der Waals surface area contributed by atoms with Crippen LogP contribution < -0.4 is 4.90 Å². The van der Waals surface area contributed by atoms with Gasteiger partial charge in [-0.3, -0.25) is 4.79 Å². The van der Waals surface area contributed by atoms with E-state index in [2.05, 4.69) is 0 Å². The van der Waals surface area contributed by atoms with Gasteiger partial charge in [0.2, 0.25) is 5.91 Å². The summed E-state index contributed by atoms with van der Waals surface area (Å²) in [6.07, 6.45) is 1.26. The van der Waals surface area contributed by atoms with Crippen molar-refractivity contribution in [1.29, 1.82) is 0 Å². The van der Waals surface area contributed by atoms with Crippen molar-refractivity contribution in [3.05, 3.63) is 23.8 Å². The Labute approximate surface area is 76.6 Å². The molecule has 1 aromatic rings. The van der Waals surface area contributed by atoms with Gasteiger partial charge in [0, 0.05) is 19.2 Å². The average molecular weight is 177 g/mol. The molecule has 3 nitrogen and oxygen atoms in total. The second-order valence-electron chi connectivity index (χ2n) is 3.27. The first-order chi connectivity index (χ1) is 6.18. The summed E-state index contributed by atoms with van der Waals surface area (Å²) in [5, 5.41) is 9.24. The zero-order chi connectivity index (χ0) is 9.42. The molecule has 0 atom stereocenters. The summed E-state index contributed by atoms with van der Waals surface area (Å²) < 4.78 is 0. The molecule has 0 saturated carbocycles. The van der Waals surface area contributed by atoms with Crippen LogP contribution in [0.5, 0.6) is 5.75 Å². The number of benzene rings is 1. The zero-order valence-corrected chi connectivity index (χ0v) is 7.45. The highest BCUT2D eigenvalue weighted by molar-refractivity contribution is 5.95. The summed E-state index contributed by atoms with van der Waals surface area (Å²) in [7, 11) is 1.76. The second-order valence-corrected chi connectivity index (χ2v) is 3.27. The van der Waals surface area contributed by atoms with E-state index in [9.17, 15) is 9.90 Å². The van der Waals surface area contributed by atoms with Gasteiger partial charge < -0.3 is 10.0 Å². The number of amides is 1. The monoisotopic (exact) mass is 177 g/mol. The maximum absolute atomic E-state index is 11.3. The van der Waals surface area contributed by atoms with Crippen molar-refractivity contribution < 1.29 is 9.90 Å². The first kappa shape index (κ1) is 8.10. The molecular formula is C10H11NO2. The first-order valence-electron chi connectivity index (χ1n) is 4.27. The third-order valence-electron chi connectivity index (χ3n) is 2.41. The third-order valence-corrected chi connectivity index (χ3v) is 2.41. The number of fused-ring (bicyclic) bond motifs is 1. The largest absolute Gasteiger partial charge is 0.508 e. The van der Waals surface area contributed by atoms with Crippen molar-refractivity contribution in [3.8, 4) is 5.75 Å². The molecule has 1 N–H and O–H groups in total. The van der Waals surface area contributed by atoms with Crippen LogP contribution in [0.25, 0.3) is 0 Å². The molecule has 1 aromatic carbocycles. The summed E-state index contributed by atoms with van der Waals surface area (Å²) >= 11 is 0. The summed E-state index contributed by atoms with van der Waals surface area (Å²) in [6.45, 7) is 0. The van der Waals surface area contributed by atoms with Crippen LogP contribution in [-0.2, 0) is 11.2 Å². The Kier molecular flexibility index (Phi) is 1.72. The lowest BCUT2D eigenvalue weighted by molar-refractivity contribution is -0.118. The molecular weight excluding hydrogens is 166 g/mol. The van der Waals surface area contributed by atoms with Crippen LogP contribution in [0.1, 0.15) is 12.0 Å². The molecule has 0 unspecified atom stereocenters. The fraction of sp³-hybridized carbons (Fsp3) is 0.300. The molecule has 1 heterocycles. The molecule has 0 bridgehead atoms. The Bertz CT molecular complexity index is 360. The van der Waals surface area contributed by atoms with Gasteiger partial charge in [0.1, 0.15) is 5.75 Å². The van der Waals surface area contributed by atoms with Gasteiger partial charge in [0.05, 0.1) is 0 Å². The van der Waals surface area contributed by atoms with Crippen molar-refractivity contribution >= 4 is 11.6 Å². The lowest BCUT2D eigenvalue weighted by Gasteiger charge is -2.25. The Balaban J connectivity index is 2.49. The van der Waals surface area contributed by atoms with Crippen LogP contribution in [0, 0.1) is 0 Å². The average Bonchev–Trinajstić information content (AvgIpc) is 2.12. The van der Waals surface area contributed by atoms with Gasteiger partial charge in [-0.2, -0.15) is 0 Å². The first-order valence-corrected chi connectivity index (χ1v) is 4.27. The fourth-order valence-electron chi connectivity index (χ4n) is 1.64. The minimum Gasteiger partial charge on any atom is -0.508 e. The number of anilines is 1. The highest BCUT2D eigenvalue weighted by Crippen LogP contribution is 2.29. The molecule has 1 aliphatic rings. The van der Waals surface area contributed by atoms with Crippen LogP contribution >= 0.6 is 0 Å². The van der Waals surface area contributed by atoms with E-state index in [0.717, 1.165) is 17.7 Å². The maximum atomic E-state index is 11.3. The van der Waals surface area contributed by atoms with E-state index < -0.39 is 0 Å².